The SMILES string of the molecule is CCn1nc(C)cc1CNCCCn1nc(C)cc1C. The van der Waals surface area contributed by atoms with Crippen LogP contribution in [-0.4, -0.2) is 26.1 Å². The number of aromatic nitrogens is 4. The molecule has 5 heteroatoms. The van der Waals surface area contributed by atoms with E-state index in [1.807, 2.05) is 13.8 Å². The third-order valence-electron chi connectivity index (χ3n) is 3.42. The van der Waals surface area contributed by atoms with Gasteiger partial charge in [-0.25, -0.2) is 0 Å². The van der Waals surface area contributed by atoms with E-state index in [0.29, 0.717) is 0 Å². The monoisotopic (exact) mass is 275 g/mol. The van der Waals surface area contributed by atoms with Gasteiger partial charge >= 0.3 is 0 Å². The van der Waals surface area contributed by atoms with Crippen LogP contribution < -0.4 is 5.32 Å². The normalized spacial score (nSPS) is 11.2. The highest BCUT2D eigenvalue weighted by molar-refractivity contribution is 5.08. The van der Waals surface area contributed by atoms with Crippen LogP contribution in [0.5, 0.6) is 0 Å². The Hall–Kier alpha value is -1.62. The largest absolute Gasteiger partial charge is 0.311 e. The van der Waals surface area contributed by atoms with Crippen LogP contribution in [0.15, 0.2) is 12.1 Å². The third kappa shape index (κ3) is 3.70. The van der Waals surface area contributed by atoms with Crippen LogP contribution in [0.2, 0.25) is 0 Å². The molecule has 20 heavy (non-hydrogen) atoms. The summed E-state index contributed by atoms with van der Waals surface area (Å²) in [6.07, 6.45) is 1.08. The van der Waals surface area contributed by atoms with Gasteiger partial charge in [-0.1, -0.05) is 0 Å². The van der Waals surface area contributed by atoms with Crippen molar-refractivity contribution in [1.29, 1.82) is 0 Å². The van der Waals surface area contributed by atoms with Gasteiger partial charge in [-0.15, -0.1) is 0 Å². The van der Waals surface area contributed by atoms with Gasteiger partial charge in [0, 0.05) is 25.3 Å². The van der Waals surface area contributed by atoms with Gasteiger partial charge in [0.1, 0.15) is 0 Å². The van der Waals surface area contributed by atoms with Gasteiger partial charge in [0.25, 0.3) is 0 Å². The third-order valence-corrected chi connectivity index (χ3v) is 3.42. The van der Waals surface area contributed by atoms with Crippen molar-refractivity contribution in [3.63, 3.8) is 0 Å². The second-order valence-electron chi connectivity index (χ2n) is 5.27. The van der Waals surface area contributed by atoms with Gasteiger partial charge in [0.2, 0.25) is 0 Å². The molecule has 0 aliphatic carbocycles. The zero-order valence-corrected chi connectivity index (χ0v) is 13.0. The maximum Gasteiger partial charge on any atom is 0.0597 e. The minimum Gasteiger partial charge on any atom is -0.311 e. The van der Waals surface area contributed by atoms with Crippen molar-refractivity contribution in [1.82, 2.24) is 24.9 Å². The fraction of sp³-hybridized carbons (Fsp3) is 0.600. The summed E-state index contributed by atoms with van der Waals surface area (Å²) in [6, 6.07) is 4.27. The van der Waals surface area contributed by atoms with Gasteiger partial charge in [-0.05, 0) is 52.8 Å². The fourth-order valence-corrected chi connectivity index (χ4v) is 2.49. The average Bonchev–Trinajstić information content (AvgIpc) is 2.91. The van der Waals surface area contributed by atoms with E-state index >= 15 is 0 Å². The number of hydrogen-bond donors (Lipinski definition) is 1. The van der Waals surface area contributed by atoms with E-state index in [1.165, 1.54) is 11.4 Å². The summed E-state index contributed by atoms with van der Waals surface area (Å²) >= 11 is 0. The molecule has 0 aromatic carbocycles. The van der Waals surface area contributed by atoms with Crippen molar-refractivity contribution >= 4 is 0 Å². The summed E-state index contributed by atoms with van der Waals surface area (Å²) in [7, 11) is 0. The average molecular weight is 275 g/mol. The van der Waals surface area contributed by atoms with Gasteiger partial charge in [0.15, 0.2) is 0 Å². The standard InChI is InChI=1S/C15H25N5/c1-5-19-15(10-13(3)17-19)11-16-7-6-8-20-14(4)9-12(2)18-20/h9-10,16H,5-8,11H2,1-4H3. The highest BCUT2D eigenvalue weighted by Gasteiger charge is 2.03. The highest BCUT2D eigenvalue weighted by Crippen LogP contribution is 2.04. The molecule has 0 saturated carbocycles. The molecule has 110 valence electrons. The number of hydrogen-bond acceptors (Lipinski definition) is 3. The molecular weight excluding hydrogens is 250 g/mol. The van der Waals surface area contributed by atoms with Crippen LogP contribution in [-0.2, 0) is 19.6 Å². The van der Waals surface area contributed by atoms with E-state index in [-0.39, 0.29) is 0 Å². The lowest BCUT2D eigenvalue weighted by molar-refractivity contribution is 0.519. The fourth-order valence-electron chi connectivity index (χ4n) is 2.49. The number of aryl methyl sites for hydroxylation is 5. The Bertz CT molecular complexity index is 553. The molecule has 0 amide bonds. The van der Waals surface area contributed by atoms with Crippen LogP contribution in [0.1, 0.15) is 36.1 Å². The molecule has 0 atom stereocenters. The molecule has 0 bridgehead atoms. The second-order valence-corrected chi connectivity index (χ2v) is 5.27. The van der Waals surface area contributed by atoms with E-state index in [1.54, 1.807) is 0 Å². The maximum atomic E-state index is 4.47. The van der Waals surface area contributed by atoms with Gasteiger partial charge in [-0.3, -0.25) is 9.36 Å². The molecule has 0 aliphatic heterocycles. The van der Waals surface area contributed by atoms with Crippen LogP contribution in [0.3, 0.4) is 0 Å². The lowest BCUT2D eigenvalue weighted by Crippen LogP contribution is -2.19. The van der Waals surface area contributed by atoms with Crippen molar-refractivity contribution in [2.24, 2.45) is 0 Å². The Labute approximate surface area is 121 Å². The van der Waals surface area contributed by atoms with Crippen molar-refractivity contribution in [2.75, 3.05) is 6.54 Å². The molecule has 0 saturated heterocycles. The Kier molecular flexibility index (Phi) is 4.95. The molecule has 5 nitrogen and oxygen atoms in total. The first kappa shape index (κ1) is 14.8. The summed E-state index contributed by atoms with van der Waals surface area (Å²) in [4.78, 5) is 0. The molecule has 2 heterocycles. The molecule has 0 radical (unpaired) electrons. The first-order valence-electron chi connectivity index (χ1n) is 7.35. The van der Waals surface area contributed by atoms with E-state index in [2.05, 4.69) is 50.9 Å². The van der Waals surface area contributed by atoms with Crippen LogP contribution >= 0.6 is 0 Å². The number of nitrogens with zero attached hydrogens (tertiary/aromatic N) is 4. The summed E-state index contributed by atoms with van der Waals surface area (Å²) < 4.78 is 4.14. The van der Waals surface area contributed by atoms with Crippen molar-refractivity contribution in [3.8, 4) is 0 Å². The lowest BCUT2D eigenvalue weighted by atomic mass is 10.3. The molecule has 2 aromatic rings. The zero-order valence-electron chi connectivity index (χ0n) is 13.0. The van der Waals surface area contributed by atoms with Gasteiger partial charge in [0.05, 0.1) is 17.1 Å². The first-order valence-corrected chi connectivity index (χ1v) is 7.35. The van der Waals surface area contributed by atoms with E-state index in [4.69, 9.17) is 0 Å². The van der Waals surface area contributed by atoms with Gasteiger partial charge < -0.3 is 5.32 Å². The summed E-state index contributed by atoms with van der Waals surface area (Å²) in [5, 5.41) is 12.4. The van der Waals surface area contributed by atoms with Crippen molar-refractivity contribution in [3.05, 3.63) is 34.9 Å². The Morgan fingerprint density at radius 3 is 2.40 bits per heavy atom. The van der Waals surface area contributed by atoms with E-state index in [0.717, 1.165) is 44.0 Å². The van der Waals surface area contributed by atoms with Crippen LogP contribution in [0, 0.1) is 20.8 Å². The Morgan fingerprint density at radius 1 is 1.05 bits per heavy atom. The minimum absolute atomic E-state index is 0.881. The zero-order chi connectivity index (χ0) is 14.5. The Balaban J connectivity index is 1.72. The molecule has 2 rings (SSSR count). The van der Waals surface area contributed by atoms with E-state index < -0.39 is 0 Å². The van der Waals surface area contributed by atoms with Crippen LogP contribution in [0.25, 0.3) is 0 Å². The van der Waals surface area contributed by atoms with Gasteiger partial charge in [-0.2, -0.15) is 10.2 Å². The summed E-state index contributed by atoms with van der Waals surface area (Å²) in [5.74, 6) is 0. The molecule has 0 fully saturated rings. The molecular formula is C15H25N5. The minimum atomic E-state index is 0.881. The predicted octanol–water partition coefficient (Wildman–Crippen LogP) is 2.20. The quantitative estimate of drug-likeness (QED) is 0.788. The van der Waals surface area contributed by atoms with Crippen molar-refractivity contribution < 1.29 is 0 Å². The predicted molar refractivity (Wildman–Crippen MR) is 80.7 cm³/mol. The first-order chi connectivity index (χ1) is 9.60. The van der Waals surface area contributed by atoms with E-state index in [9.17, 15) is 0 Å². The molecule has 2 aromatic heterocycles. The molecule has 0 unspecified atom stereocenters. The maximum absolute atomic E-state index is 4.47. The summed E-state index contributed by atoms with van der Waals surface area (Å²) in [6.45, 7) is 12.1. The molecule has 1 N–H and O–H groups in total. The van der Waals surface area contributed by atoms with Crippen LogP contribution in [0.4, 0.5) is 0 Å². The van der Waals surface area contributed by atoms with Crippen molar-refractivity contribution in [2.45, 2.75) is 53.8 Å². The Morgan fingerprint density at radius 2 is 1.75 bits per heavy atom. The lowest BCUT2D eigenvalue weighted by Gasteiger charge is -2.07. The summed E-state index contributed by atoms with van der Waals surface area (Å²) in [5.41, 5.74) is 4.68. The smallest absolute Gasteiger partial charge is 0.0597 e. The molecule has 0 aliphatic rings. The highest BCUT2D eigenvalue weighted by atomic mass is 15.3. The topological polar surface area (TPSA) is 47.7 Å². The second kappa shape index (κ2) is 6.70. The number of rotatable bonds is 7. The molecule has 0 spiro atoms. The number of nitrogens with one attached hydrogen (secondary N) is 1.